The van der Waals surface area contributed by atoms with Gasteiger partial charge in [0.25, 0.3) is 0 Å². The van der Waals surface area contributed by atoms with Crippen LogP contribution in [0.5, 0.6) is 0 Å². The number of ketones is 1. The molecule has 192 valence electrons. The number of benzene rings is 3. The van der Waals surface area contributed by atoms with Crippen LogP contribution >= 0.6 is 0 Å². The average molecular weight is 501 g/mol. The van der Waals surface area contributed by atoms with E-state index in [2.05, 4.69) is 0 Å². The minimum absolute atomic E-state index is 0.00442. The fraction of sp³-hybridized carbons (Fsp3) is 0.323. The predicted molar refractivity (Wildman–Crippen MR) is 138 cm³/mol. The van der Waals surface area contributed by atoms with Crippen molar-refractivity contribution in [3.05, 3.63) is 107 Å². The van der Waals surface area contributed by atoms with E-state index in [4.69, 9.17) is 9.47 Å². The number of ether oxygens (including phenoxy) is 2. The Morgan fingerprint density at radius 2 is 1.32 bits per heavy atom. The summed E-state index contributed by atoms with van der Waals surface area (Å²) in [6.07, 6.45) is 0.458. The third-order valence-electron chi connectivity index (χ3n) is 7.00. The summed E-state index contributed by atoms with van der Waals surface area (Å²) in [5, 5.41) is 11.3. The monoisotopic (exact) mass is 500 g/mol. The van der Waals surface area contributed by atoms with Crippen LogP contribution in [0.3, 0.4) is 0 Å². The minimum atomic E-state index is -1.70. The third-order valence-corrected chi connectivity index (χ3v) is 7.00. The van der Waals surface area contributed by atoms with E-state index < -0.39 is 41.1 Å². The SMILES string of the molecule is CCc1ccc([C@@H]2[C@H](C(=O)OCc3ccccc3)C(=O)C[C@@](C)(O)[C@H]2C(=O)OCc2ccccc2)cc1. The summed E-state index contributed by atoms with van der Waals surface area (Å²) in [4.78, 5) is 40.2. The summed E-state index contributed by atoms with van der Waals surface area (Å²) in [5.74, 6) is -5.16. The van der Waals surface area contributed by atoms with Crippen molar-refractivity contribution < 1.29 is 29.0 Å². The van der Waals surface area contributed by atoms with Crippen LogP contribution in [0.1, 0.15) is 48.4 Å². The Labute approximate surface area is 217 Å². The lowest BCUT2D eigenvalue weighted by Gasteiger charge is -2.43. The molecule has 1 N–H and O–H groups in total. The predicted octanol–water partition coefficient (Wildman–Crippen LogP) is 4.78. The number of aliphatic hydroxyl groups is 1. The lowest BCUT2D eigenvalue weighted by molar-refractivity contribution is -0.174. The molecule has 6 nitrogen and oxygen atoms in total. The van der Waals surface area contributed by atoms with Gasteiger partial charge in [-0.3, -0.25) is 14.4 Å². The second-order valence-corrected chi connectivity index (χ2v) is 9.76. The average Bonchev–Trinajstić information content (AvgIpc) is 2.90. The molecule has 1 saturated carbocycles. The van der Waals surface area contributed by atoms with Crippen molar-refractivity contribution in [3.63, 3.8) is 0 Å². The highest BCUT2D eigenvalue weighted by atomic mass is 16.5. The van der Waals surface area contributed by atoms with Crippen LogP contribution < -0.4 is 0 Å². The summed E-state index contributed by atoms with van der Waals surface area (Å²) in [7, 11) is 0. The highest BCUT2D eigenvalue weighted by Crippen LogP contribution is 2.47. The largest absolute Gasteiger partial charge is 0.461 e. The first-order chi connectivity index (χ1) is 17.8. The molecule has 3 aromatic carbocycles. The molecule has 4 rings (SSSR count). The molecule has 0 amide bonds. The van der Waals surface area contributed by atoms with Gasteiger partial charge in [0.15, 0.2) is 5.78 Å². The molecule has 3 aromatic rings. The second kappa shape index (κ2) is 11.5. The van der Waals surface area contributed by atoms with Gasteiger partial charge in [0.2, 0.25) is 0 Å². The van der Waals surface area contributed by atoms with Gasteiger partial charge in [-0.05, 0) is 35.6 Å². The first-order valence-electron chi connectivity index (χ1n) is 12.5. The van der Waals surface area contributed by atoms with Crippen LogP contribution in [0.25, 0.3) is 0 Å². The van der Waals surface area contributed by atoms with E-state index in [1.807, 2.05) is 91.9 Å². The summed E-state index contributed by atoms with van der Waals surface area (Å²) < 4.78 is 11.2. The molecular formula is C31H32O6. The van der Waals surface area contributed by atoms with Crippen LogP contribution in [-0.4, -0.2) is 28.4 Å². The summed E-state index contributed by atoms with van der Waals surface area (Å²) in [5.41, 5.74) is 1.56. The zero-order valence-electron chi connectivity index (χ0n) is 21.1. The molecule has 0 bridgehead atoms. The lowest BCUT2D eigenvalue weighted by Crippen LogP contribution is -2.55. The van der Waals surface area contributed by atoms with E-state index in [-0.39, 0.29) is 19.6 Å². The molecule has 0 spiro atoms. The van der Waals surface area contributed by atoms with Crippen molar-refractivity contribution in [2.75, 3.05) is 0 Å². The Bertz CT molecular complexity index is 1220. The smallest absolute Gasteiger partial charge is 0.317 e. The number of carbonyl (C=O) groups excluding carboxylic acids is 3. The molecule has 0 aromatic heterocycles. The van der Waals surface area contributed by atoms with Gasteiger partial charge in [-0.1, -0.05) is 91.9 Å². The summed E-state index contributed by atoms with van der Waals surface area (Å²) in [6.45, 7) is 3.50. The minimum Gasteiger partial charge on any atom is -0.461 e. The van der Waals surface area contributed by atoms with Gasteiger partial charge in [0.05, 0.1) is 11.5 Å². The highest BCUT2D eigenvalue weighted by Gasteiger charge is 2.57. The lowest BCUT2D eigenvalue weighted by atomic mass is 9.61. The number of hydrogen-bond donors (Lipinski definition) is 1. The molecule has 37 heavy (non-hydrogen) atoms. The molecule has 0 radical (unpaired) electrons. The third kappa shape index (κ3) is 6.15. The fourth-order valence-corrected chi connectivity index (χ4v) is 5.03. The molecule has 4 atom stereocenters. The molecule has 1 fully saturated rings. The van der Waals surface area contributed by atoms with Crippen molar-refractivity contribution in [2.45, 2.75) is 51.4 Å². The first kappa shape index (κ1) is 26.3. The van der Waals surface area contributed by atoms with Gasteiger partial charge in [0.1, 0.15) is 19.1 Å². The van der Waals surface area contributed by atoms with Crippen molar-refractivity contribution >= 4 is 17.7 Å². The van der Waals surface area contributed by atoms with Gasteiger partial charge in [-0.15, -0.1) is 0 Å². The molecule has 1 aliphatic carbocycles. The number of carbonyl (C=O) groups is 3. The van der Waals surface area contributed by atoms with Crippen molar-refractivity contribution in [3.8, 4) is 0 Å². The van der Waals surface area contributed by atoms with E-state index in [9.17, 15) is 19.5 Å². The van der Waals surface area contributed by atoms with E-state index in [0.29, 0.717) is 5.56 Å². The van der Waals surface area contributed by atoms with E-state index >= 15 is 0 Å². The van der Waals surface area contributed by atoms with Gasteiger partial charge < -0.3 is 14.6 Å². The zero-order valence-corrected chi connectivity index (χ0v) is 21.1. The van der Waals surface area contributed by atoms with Crippen molar-refractivity contribution in [2.24, 2.45) is 11.8 Å². The maximum absolute atomic E-state index is 13.5. The highest BCUT2D eigenvalue weighted by molar-refractivity contribution is 6.02. The summed E-state index contributed by atoms with van der Waals surface area (Å²) in [6, 6.07) is 25.8. The Hall–Kier alpha value is -3.77. The number of hydrogen-bond acceptors (Lipinski definition) is 6. The normalized spacial score (nSPS) is 23.3. The Morgan fingerprint density at radius 3 is 1.84 bits per heavy atom. The number of Topliss-reactive ketones (excluding diaryl/α,β-unsaturated/α-hetero) is 1. The number of esters is 2. The summed E-state index contributed by atoms with van der Waals surface area (Å²) >= 11 is 0. The van der Waals surface area contributed by atoms with Gasteiger partial charge in [-0.2, -0.15) is 0 Å². The quantitative estimate of drug-likeness (QED) is 0.354. The number of rotatable bonds is 8. The van der Waals surface area contributed by atoms with E-state index in [1.165, 1.54) is 6.92 Å². The van der Waals surface area contributed by atoms with Crippen LogP contribution in [-0.2, 0) is 43.5 Å². The fourth-order valence-electron chi connectivity index (χ4n) is 5.03. The Morgan fingerprint density at radius 1 is 0.811 bits per heavy atom. The van der Waals surface area contributed by atoms with Gasteiger partial charge >= 0.3 is 11.9 Å². The topological polar surface area (TPSA) is 89.9 Å². The molecule has 0 unspecified atom stereocenters. The maximum atomic E-state index is 13.5. The Kier molecular flexibility index (Phi) is 8.19. The van der Waals surface area contributed by atoms with Crippen molar-refractivity contribution in [1.82, 2.24) is 0 Å². The molecule has 0 heterocycles. The van der Waals surface area contributed by atoms with Crippen molar-refractivity contribution in [1.29, 1.82) is 0 Å². The zero-order chi connectivity index (χ0) is 26.4. The molecular weight excluding hydrogens is 468 g/mol. The van der Waals surface area contributed by atoms with Crippen LogP contribution in [0, 0.1) is 11.8 Å². The molecule has 0 aliphatic heterocycles. The van der Waals surface area contributed by atoms with Gasteiger partial charge in [-0.25, -0.2) is 0 Å². The van der Waals surface area contributed by atoms with E-state index in [1.54, 1.807) is 0 Å². The standard InChI is InChI=1S/C31H32O6/c1-3-21-14-16-24(17-15-21)26-27(29(33)36-19-22-10-6-4-7-11-22)25(32)18-31(2,35)28(26)30(34)37-20-23-12-8-5-9-13-23/h4-17,26-28,35H,3,18-20H2,1-2H3/t26-,27-,28-,31-/m1/s1. The van der Waals surface area contributed by atoms with Crippen LogP contribution in [0.15, 0.2) is 84.9 Å². The molecule has 0 saturated heterocycles. The Balaban J connectivity index is 1.67. The van der Waals surface area contributed by atoms with Crippen LogP contribution in [0.4, 0.5) is 0 Å². The number of aryl methyl sites for hydroxylation is 1. The first-order valence-corrected chi connectivity index (χ1v) is 12.5. The molecule has 6 heteroatoms. The van der Waals surface area contributed by atoms with E-state index in [0.717, 1.165) is 23.1 Å². The molecule has 1 aliphatic rings. The maximum Gasteiger partial charge on any atom is 0.317 e. The van der Waals surface area contributed by atoms with Gasteiger partial charge in [0, 0.05) is 12.3 Å². The second-order valence-electron chi connectivity index (χ2n) is 9.76. The van der Waals surface area contributed by atoms with Crippen LogP contribution in [0.2, 0.25) is 0 Å².